The van der Waals surface area contributed by atoms with E-state index in [0.29, 0.717) is 40.3 Å². The van der Waals surface area contributed by atoms with Gasteiger partial charge in [-0.1, -0.05) is 18.2 Å². The molecule has 3 unspecified atom stereocenters. The fourth-order valence-electron chi connectivity index (χ4n) is 5.17. The van der Waals surface area contributed by atoms with E-state index >= 15 is 0 Å². The van der Waals surface area contributed by atoms with Crippen LogP contribution in [0.3, 0.4) is 0 Å². The van der Waals surface area contributed by atoms with Crippen molar-refractivity contribution in [1.29, 1.82) is 0 Å². The largest absolute Gasteiger partial charge is 0.496 e. The van der Waals surface area contributed by atoms with Gasteiger partial charge in [-0.2, -0.15) is 0 Å². The predicted molar refractivity (Wildman–Crippen MR) is 132 cm³/mol. The maximum absolute atomic E-state index is 14.2. The first-order chi connectivity index (χ1) is 17.4. The second-order valence-corrected chi connectivity index (χ2v) is 8.64. The first kappa shape index (κ1) is 25.2. The van der Waals surface area contributed by atoms with Crippen molar-refractivity contribution < 1.29 is 28.6 Å². The van der Waals surface area contributed by atoms with Gasteiger partial charge < -0.3 is 19.5 Å². The number of methoxy groups -OCH3 is 1. The van der Waals surface area contributed by atoms with Crippen LogP contribution in [0.1, 0.15) is 50.2 Å². The van der Waals surface area contributed by atoms with Crippen LogP contribution in [0.2, 0.25) is 0 Å². The van der Waals surface area contributed by atoms with Crippen molar-refractivity contribution in [3.05, 3.63) is 82.5 Å². The van der Waals surface area contributed by atoms with Crippen molar-refractivity contribution in [2.75, 3.05) is 20.3 Å². The van der Waals surface area contributed by atoms with E-state index in [1.165, 1.54) is 0 Å². The molecule has 1 aliphatic heterocycles. The van der Waals surface area contributed by atoms with Crippen LogP contribution in [0.4, 0.5) is 0 Å². The van der Waals surface area contributed by atoms with Crippen LogP contribution in [-0.2, 0) is 23.9 Å². The summed E-state index contributed by atoms with van der Waals surface area (Å²) in [7, 11) is 1.56. The highest BCUT2D eigenvalue weighted by molar-refractivity contribution is 6.13. The number of hydrogen-bond acceptors (Lipinski definition) is 8. The molecular weight excluding hydrogens is 460 g/mol. The number of rotatable bonds is 7. The van der Waals surface area contributed by atoms with Crippen molar-refractivity contribution in [2.24, 2.45) is 5.92 Å². The van der Waals surface area contributed by atoms with E-state index in [1.54, 1.807) is 52.4 Å². The third-order valence-corrected chi connectivity index (χ3v) is 6.63. The fourth-order valence-corrected chi connectivity index (χ4v) is 5.17. The number of esters is 2. The van der Waals surface area contributed by atoms with Crippen LogP contribution in [0.15, 0.2) is 71.3 Å². The lowest BCUT2D eigenvalue weighted by molar-refractivity contribution is -0.152. The number of benzene rings is 1. The second kappa shape index (κ2) is 10.8. The summed E-state index contributed by atoms with van der Waals surface area (Å²) in [6.45, 7) is 5.58. The van der Waals surface area contributed by atoms with E-state index in [-0.39, 0.29) is 19.0 Å². The lowest BCUT2D eigenvalue weighted by atomic mass is 9.67. The maximum atomic E-state index is 14.2. The third-order valence-electron chi connectivity index (χ3n) is 6.63. The fraction of sp³-hybridized carbons (Fsp3) is 0.357. The Balaban J connectivity index is 1.91. The molecule has 1 aromatic heterocycles. The Labute approximate surface area is 210 Å². The lowest BCUT2D eigenvalue weighted by Gasteiger charge is -2.39. The number of carbonyl (C=O) groups is 3. The Morgan fingerprint density at radius 2 is 1.75 bits per heavy atom. The summed E-state index contributed by atoms with van der Waals surface area (Å²) in [6.07, 6.45) is 3.59. The Morgan fingerprint density at radius 3 is 2.42 bits per heavy atom. The standard InChI is InChI=1S/C28H30N2O6/c1-5-35-27(32)22-16(3)30-20-15-19(18-9-7-8-10-21(18)34-4)24(28(33)36-6-2)26(31)25(20)23(22)17-11-13-29-14-12-17/h7-14,19,23-24,30H,5-6,15H2,1-4H3. The number of nitrogens with one attached hydrogen (secondary N) is 1. The van der Waals surface area contributed by atoms with Crippen LogP contribution in [-0.4, -0.2) is 43.0 Å². The van der Waals surface area contributed by atoms with E-state index in [4.69, 9.17) is 14.2 Å². The van der Waals surface area contributed by atoms with Crippen molar-refractivity contribution in [1.82, 2.24) is 10.3 Å². The van der Waals surface area contributed by atoms with Gasteiger partial charge in [0.2, 0.25) is 0 Å². The molecule has 2 heterocycles. The number of nitrogens with zero attached hydrogens (tertiary/aromatic N) is 1. The summed E-state index contributed by atoms with van der Waals surface area (Å²) in [5.74, 6) is -3.19. The zero-order chi connectivity index (χ0) is 25.8. The van der Waals surface area contributed by atoms with Crippen LogP contribution >= 0.6 is 0 Å². The minimum absolute atomic E-state index is 0.145. The quantitative estimate of drug-likeness (QED) is 0.462. The van der Waals surface area contributed by atoms with Gasteiger partial charge in [0.05, 0.1) is 25.9 Å². The number of para-hydroxylation sites is 1. The van der Waals surface area contributed by atoms with Gasteiger partial charge in [-0.25, -0.2) is 4.79 Å². The van der Waals surface area contributed by atoms with Crippen molar-refractivity contribution >= 4 is 17.7 Å². The predicted octanol–water partition coefficient (Wildman–Crippen LogP) is 3.80. The molecule has 8 heteroatoms. The molecule has 1 aromatic carbocycles. The highest BCUT2D eigenvalue weighted by atomic mass is 16.5. The summed E-state index contributed by atoms with van der Waals surface area (Å²) in [6, 6.07) is 10.9. The molecule has 0 saturated heterocycles. The number of dihydropyridines is 1. The molecule has 0 amide bonds. The van der Waals surface area contributed by atoms with E-state index in [9.17, 15) is 14.4 Å². The lowest BCUT2D eigenvalue weighted by Crippen LogP contribution is -2.43. The topological polar surface area (TPSA) is 104 Å². The summed E-state index contributed by atoms with van der Waals surface area (Å²) in [5, 5.41) is 3.30. The van der Waals surface area contributed by atoms with E-state index in [2.05, 4.69) is 10.3 Å². The molecule has 2 aliphatic rings. The smallest absolute Gasteiger partial charge is 0.336 e. The Hall–Kier alpha value is -3.94. The molecule has 0 fully saturated rings. The van der Waals surface area contributed by atoms with Crippen LogP contribution in [0, 0.1) is 5.92 Å². The molecule has 1 aliphatic carbocycles. The molecular formula is C28H30N2O6. The van der Waals surface area contributed by atoms with Crippen molar-refractivity contribution in [3.8, 4) is 5.75 Å². The normalized spacial score (nSPS) is 21.4. The van der Waals surface area contributed by atoms with Crippen LogP contribution < -0.4 is 10.1 Å². The first-order valence-corrected chi connectivity index (χ1v) is 12.0. The minimum Gasteiger partial charge on any atom is -0.496 e. The van der Waals surface area contributed by atoms with Gasteiger partial charge in [-0.05, 0) is 56.5 Å². The zero-order valence-electron chi connectivity index (χ0n) is 20.9. The van der Waals surface area contributed by atoms with Gasteiger partial charge in [0.25, 0.3) is 0 Å². The SMILES string of the molecule is CCOC(=O)C1=C(C)NC2=C(C(=O)C(C(=O)OCC)C(c3ccccc3OC)C2)C1c1ccncc1. The van der Waals surface area contributed by atoms with E-state index < -0.39 is 29.7 Å². The van der Waals surface area contributed by atoms with Crippen LogP contribution in [0.5, 0.6) is 5.75 Å². The molecule has 188 valence electrons. The number of carbonyl (C=O) groups excluding carboxylic acids is 3. The van der Waals surface area contributed by atoms with Gasteiger partial charge in [0, 0.05) is 41.2 Å². The monoisotopic (exact) mass is 490 g/mol. The molecule has 36 heavy (non-hydrogen) atoms. The summed E-state index contributed by atoms with van der Waals surface area (Å²) < 4.78 is 16.3. The summed E-state index contributed by atoms with van der Waals surface area (Å²) in [5.41, 5.74) is 3.46. The molecule has 0 radical (unpaired) electrons. The summed E-state index contributed by atoms with van der Waals surface area (Å²) >= 11 is 0. The Kier molecular flexibility index (Phi) is 7.52. The molecule has 4 rings (SSSR count). The number of aromatic nitrogens is 1. The number of ether oxygens (including phenoxy) is 3. The molecule has 2 aromatic rings. The third kappa shape index (κ3) is 4.51. The highest BCUT2D eigenvalue weighted by Gasteiger charge is 2.49. The molecule has 3 atom stereocenters. The molecule has 0 spiro atoms. The van der Waals surface area contributed by atoms with Gasteiger partial charge in [0.15, 0.2) is 5.78 Å². The highest BCUT2D eigenvalue weighted by Crippen LogP contribution is 2.49. The van der Waals surface area contributed by atoms with E-state index in [0.717, 1.165) is 5.56 Å². The maximum Gasteiger partial charge on any atom is 0.336 e. The molecule has 0 saturated carbocycles. The number of pyridine rings is 1. The van der Waals surface area contributed by atoms with Gasteiger partial charge in [-0.3, -0.25) is 14.6 Å². The number of allylic oxidation sites excluding steroid dienone is 3. The van der Waals surface area contributed by atoms with Crippen LogP contribution in [0.25, 0.3) is 0 Å². The van der Waals surface area contributed by atoms with Gasteiger partial charge >= 0.3 is 11.9 Å². The molecule has 0 bridgehead atoms. The molecule has 8 nitrogen and oxygen atoms in total. The van der Waals surface area contributed by atoms with Gasteiger partial charge in [-0.15, -0.1) is 0 Å². The average Bonchev–Trinajstić information content (AvgIpc) is 2.88. The number of ketones is 1. The minimum atomic E-state index is -1.09. The number of Topliss-reactive ketones (excluding diaryl/α,β-unsaturated/α-hetero) is 1. The number of hydrogen-bond donors (Lipinski definition) is 1. The summed E-state index contributed by atoms with van der Waals surface area (Å²) in [4.78, 5) is 44.7. The first-order valence-electron chi connectivity index (χ1n) is 12.0. The van der Waals surface area contributed by atoms with E-state index in [1.807, 2.05) is 24.3 Å². The van der Waals surface area contributed by atoms with Crippen molar-refractivity contribution in [3.63, 3.8) is 0 Å². The van der Waals surface area contributed by atoms with Gasteiger partial charge in [0.1, 0.15) is 11.7 Å². The van der Waals surface area contributed by atoms with Crippen molar-refractivity contribution in [2.45, 2.75) is 39.0 Å². The molecule has 1 N–H and O–H groups in total. The Morgan fingerprint density at radius 1 is 1.06 bits per heavy atom. The zero-order valence-corrected chi connectivity index (χ0v) is 20.9. The Bertz CT molecular complexity index is 1230. The second-order valence-electron chi connectivity index (χ2n) is 8.64. The average molecular weight is 491 g/mol.